The SMILES string of the molecule is CCOC(=O)[C@H]1[C@H]2C(=O)N([C@@H](CO)C(C)C)C(C(=O)Nc3ccc(N(CC)CC)cc3)C23CC[C@]1(C)S3. The molecule has 0 saturated carbocycles. The van der Waals surface area contributed by atoms with E-state index in [9.17, 15) is 19.5 Å². The van der Waals surface area contributed by atoms with E-state index in [0.717, 1.165) is 25.2 Å². The van der Waals surface area contributed by atoms with E-state index in [0.29, 0.717) is 12.1 Å². The molecule has 0 radical (unpaired) electrons. The molecule has 6 atom stereocenters. The number of thioether (sulfide) groups is 1. The van der Waals surface area contributed by atoms with Gasteiger partial charge in [0.2, 0.25) is 11.8 Å². The van der Waals surface area contributed by atoms with E-state index in [2.05, 4.69) is 24.1 Å². The van der Waals surface area contributed by atoms with Crippen molar-refractivity contribution in [2.45, 2.75) is 76.0 Å². The number of likely N-dealkylation sites (tertiary alicyclic amines) is 1. The Morgan fingerprint density at radius 3 is 2.38 bits per heavy atom. The van der Waals surface area contributed by atoms with Crippen molar-refractivity contribution in [1.29, 1.82) is 0 Å². The summed E-state index contributed by atoms with van der Waals surface area (Å²) in [5, 5.41) is 13.4. The van der Waals surface area contributed by atoms with Gasteiger partial charge in [-0.1, -0.05) is 13.8 Å². The van der Waals surface area contributed by atoms with Crippen molar-refractivity contribution in [3.8, 4) is 0 Å². The quantitative estimate of drug-likeness (QED) is 0.446. The highest BCUT2D eigenvalue weighted by atomic mass is 32.2. The molecule has 3 aliphatic heterocycles. The fourth-order valence-corrected chi connectivity index (χ4v) is 9.12. The summed E-state index contributed by atoms with van der Waals surface area (Å²) in [6.45, 7) is 13.6. The van der Waals surface area contributed by atoms with Crippen molar-refractivity contribution in [3.05, 3.63) is 24.3 Å². The lowest BCUT2D eigenvalue weighted by molar-refractivity contribution is -0.155. The molecule has 9 heteroatoms. The number of carbonyl (C=O) groups excluding carboxylic acids is 3. The summed E-state index contributed by atoms with van der Waals surface area (Å²) in [7, 11) is 0. The van der Waals surface area contributed by atoms with E-state index < -0.39 is 33.4 Å². The summed E-state index contributed by atoms with van der Waals surface area (Å²) >= 11 is 1.61. The molecular formula is C28H41N3O5S. The van der Waals surface area contributed by atoms with Crippen molar-refractivity contribution < 1.29 is 24.2 Å². The lowest BCUT2D eigenvalue weighted by Crippen LogP contribution is -2.56. The van der Waals surface area contributed by atoms with Gasteiger partial charge in [-0.25, -0.2) is 0 Å². The van der Waals surface area contributed by atoms with Crippen LogP contribution >= 0.6 is 11.8 Å². The number of hydrogen-bond acceptors (Lipinski definition) is 7. The van der Waals surface area contributed by atoms with E-state index in [-0.39, 0.29) is 36.9 Å². The maximum Gasteiger partial charge on any atom is 0.311 e. The van der Waals surface area contributed by atoms with Crippen LogP contribution in [0.15, 0.2) is 24.3 Å². The molecule has 3 fully saturated rings. The van der Waals surface area contributed by atoms with Gasteiger partial charge < -0.3 is 25.0 Å². The molecule has 0 aliphatic carbocycles. The number of rotatable bonds is 10. The Bertz CT molecular complexity index is 1030. The number of anilines is 2. The Kier molecular flexibility index (Phi) is 7.87. The molecule has 3 saturated heterocycles. The van der Waals surface area contributed by atoms with Gasteiger partial charge in [0.15, 0.2) is 0 Å². The van der Waals surface area contributed by atoms with Gasteiger partial charge in [-0.2, -0.15) is 0 Å². The molecule has 37 heavy (non-hydrogen) atoms. The average Bonchev–Trinajstić information content (AvgIpc) is 3.42. The smallest absolute Gasteiger partial charge is 0.311 e. The molecule has 1 aromatic carbocycles. The van der Waals surface area contributed by atoms with Gasteiger partial charge in [-0.3, -0.25) is 14.4 Å². The number of hydrogen-bond donors (Lipinski definition) is 2. The van der Waals surface area contributed by atoms with Gasteiger partial charge in [-0.15, -0.1) is 11.8 Å². The maximum atomic E-state index is 14.1. The summed E-state index contributed by atoms with van der Waals surface area (Å²) in [6, 6.07) is 6.42. The van der Waals surface area contributed by atoms with Crippen molar-refractivity contribution in [2.24, 2.45) is 17.8 Å². The fraction of sp³-hybridized carbons (Fsp3) is 0.679. The van der Waals surface area contributed by atoms with Gasteiger partial charge in [0.25, 0.3) is 0 Å². The number of nitrogens with one attached hydrogen (secondary N) is 1. The van der Waals surface area contributed by atoms with Crippen LogP contribution in [-0.2, 0) is 19.1 Å². The van der Waals surface area contributed by atoms with E-state index in [4.69, 9.17) is 4.74 Å². The van der Waals surface area contributed by atoms with Crippen LogP contribution < -0.4 is 10.2 Å². The molecule has 2 bridgehead atoms. The van der Waals surface area contributed by atoms with Crippen LogP contribution in [0, 0.1) is 17.8 Å². The summed E-state index contributed by atoms with van der Waals surface area (Å²) in [4.78, 5) is 45.1. The first-order valence-electron chi connectivity index (χ1n) is 13.5. The Morgan fingerprint density at radius 1 is 1.19 bits per heavy atom. The summed E-state index contributed by atoms with van der Waals surface area (Å²) in [6.07, 6.45) is 1.39. The van der Waals surface area contributed by atoms with Gasteiger partial charge in [-0.05, 0) is 70.7 Å². The van der Waals surface area contributed by atoms with Gasteiger partial charge in [0, 0.05) is 29.2 Å². The molecule has 204 valence electrons. The second-order valence-electron chi connectivity index (χ2n) is 10.9. The number of carbonyl (C=O) groups is 3. The van der Waals surface area contributed by atoms with Crippen LogP contribution in [0.5, 0.6) is 0 Å². The fourth-order valence-electron chi connectivity index (χ4n) is 6.79. The lowest BCUT2D eigenvalue weighted by Gasteiger charge is -2.38. The number of aliphatic hydroxyl groups is 1. The third-order valence-electron chi connectivity index (χ3n) is 8.58. The predicted octanol–water partition coefficient (Wildman–Crippen LogP) is 3.53. The summed E-state index contributed by atoms with van der Waals surface area (Å²) < 4.78 is 4.23. The first-order chi connectivity index (χ1) is 17.6. The van der Waals surface area contributed by atoms with Crippen molar-refractivity contribution >= 4 is 40.9 Å². The van der Waals surface area contributed by atoms with Crippen LogP contribution in [0.25, 0.3) is 0 Å². The second-order valence-corrected chi connectivity index (χ2v) is 12.8. The van der Waals surface area contributed by atoms with Crippen molar-refractivity contribution in [3.63, 3.8) is 0 Å². The maximum absolute atomic E-state index is 14.1. The van der Waals surface area contributed by atoms with E-state index >= 15 is 0 Å². The van der Waals surface area contributed by atoms with Crippen LogP contribution in [0.4, 0.5) is 11.4 Å². The predicted molar refractivity (Wildman–Crippen MR) is 147 cm³/mol. The van der Waals surface area contributed by atoms with Crippen LogP contribution in [0.2, 0.25) is 0 Å². The highest BCUT2D eigenvalue weighted by Gasteiger charge is 2.78. The molecule has 1 aromatic rings. The van der Waals surface area contributed by atoms with E-state index in [1.807, 2.05) is 45.0 Å². The minimum absolute atomic E-state index is 0.0633. The molecule has 2 N–H and O–H groups in total. The molecule has 2 unspecified atom stereocenters. The largest absolute Gasteiger partial charge is 0.466 e. The van der Waals surface area contributed by atoms with Crippen molar-refractivity contribution in [1.82, 2.24) is 4.90 Å². The number of esters is 1. The molecule has 2 amide bonds. The molecular weight excluding hydrogens is 490 g/mol. The molecule has 4 rings (SSSR count). The molecule has 1 spiro atoms. The highest BCUT2D eigenvalue weighted by molar-refractivity contribution is 8.02. The monoisotopic (exact) mass is 531 g/mol. The Hall–Kier alpha value is -2.26. The summed E-state index contributed by atoms with van der Waals surface area (Å²) in [5.41, 5.74) is 1.73. The average molecular weight is 532 g/mol. The Morgan fingerprint density at radius 2 is 1.84 bits per heavy atom. The first-order valence-corrected chi connectivity index (χ1v) is 14.4. The molecule has 3 heterocycles. The van der Waals surface area contributed by atoms with Crippen LogP contribution in [0.1, 0.15) is 54.4 Å². The lowest BCUT2D eigenvalue weighted by atomic mass is 9.66. The number of fused-ring (bicyclic) bond motifs is 1. The number of amides is 2. The number of aliphatic hydroxyl groups excluding tert-OH is 1. The minimum atomic E-state index is -0.793. The van der Waals surface area contributed by atoms with E-state index in [1.54, 1.807) is 23.6 Å². The van der Waals surface area contributed by atoms with Gasteiger partial charge in [0.1, 0.15) is 6.04 Å². The topological polar surface area (TPSA) is 99.2 Å². The zero-order chi connectivity index (χ0) is 27.1. The number of nitrogens with zero attached hydrogens (tertiary/aromatic N) is 2. The van der Waals surface area contributed by atoms with E-state index in [1.165, 1.54) is 0 Å². The number of ether oxygens (including phenoxy) is 1. The summed E-state index contributed by atoms with van der Waals surface area (Å²) in [5.74, 6) is -2.18. The highest BCUT2D eigenvalue weighted by Crippen LogP contribution is 2.71. The second kappa shape index (κ2) is 10.5. The molecule has 3 aliphatic rings. The van der Waals surface area contributed by atoms with Crippen LogP contribution in [-0.4, -0.2) is 75.7 Å². The minimum Gasteiger partial charge on any atom is -0.466 e. The first kappa shape index (κ1) is 27.8. The molecule has 8 nitrogen and oxygen atoms in total. The zero-order valence-corrected chi connectivity index (χ0v) is 23.6. The Labute approximate surface area is 224 Å². The van der Waals surface area contributed by atoms with Gasteiger partial charge in [0.05, 0.1) is 35.8 Å². The van der Waals surface area contributed by atoms with Gasteiger partial charge >= 0.3 is 5.97 Å². The standard InChI is InChI=1S/C28H41N3O5S/c1-7-30(8-2)19-12-10-18(11-13-19)29-24(33)23-28-15-14-27(6,37-28)22(26(35)36-9-3)21(28)25(34)31(23)20(16-32)17(4)5/h10-13,17,20-23,32H,7-9,14-16H2,1-6H3,(H,29,33)/t20-,21-,22+,23?,27-,28?/m0/s1. The van der Waals surface area contributed by atoms with Crippen LogP contribution in [0.3, 0.4) is 0 Å². The zero-order valence-electron chi connectivity index (χ0n) is 22.8. The van der Waals surface area contributed by atoms with Crippen molar-refractivity contribution in [2.75, 3.05) is 36.5 Å². The molecule has 0 aromatic heterocycles. The Balaban J connectivity index is 1.71. The normalized spacial score (nSPS) is 31.0. The number of benzene rings is 1. The third kappa shape index (κ3) is 4.42. The third-order valence-corrected chi connectivity index (χ3v) is 10.6.